The molecule has 0 aromatic heterocycles. The minimum Gasteiger partial charge on any atom is -0.497 e. The van der Waals surface area contributed by atoms with Crippen molar-refractivity contribution in [3.8, 4) is 17.2 Å². The van der Waals surface area contributed by atoms with Gasteiger partial charge in [-0.2, -0.15) is 0 Å². The van der Waals surface area contributed by atoms with E-state index >= 15 is 0 Å². The van der Waals surface area contributed by atoms with Crippen LogP contribution in [0.1, 0.15) is 24.0 Å². The fraction of sp³-hybridized carbons (Fsp3) is 0.333. The zero-order chi connectivity index (χ0) is 18.4. The maximum atomic E-state index is 6.23. The third kappa shape index (κ3) is 4.33. The summed E-state index contributed by atoms with van der Waals surface area (Å²) in [5.74, 6) is 4.02. The molecule has 5 heteroatoms. The van der Waals surface area contributed by atoms with Crippen molar-refractivity contribution in [3.05, 3.63) is 59.4 Å². The number of hydrogen-bond acceptors (Lipinski definition) is 4. The number of unbranched alkanes of at least 4 members (excludes halogenated alkanes) is 1. The van der Waals surface area contributed by atoms with Gasteiger partial charge in [0.15, 0.2) is 5.76 Å². The van der Waals surface area contributed by atoms with Crippen molar-refractivity contribution < 1.29 is 18.9 Å². The second-order valence-electron chi connectivity index (χ2n) is 5.98. The largest absolute Gasteiger partial charge is 0.497 e. The Morgan fingerprint density at radius 2 is 1.69 bits per heavy atom. The summed E-state index contributed by atoms with van der Waals surface area (Å²) in [6, 6.07) is 13.7. The van der Waals surface area contributed by atoms with E-state index in [0.717, 1.165) is 58.1 Å². The molecule has 0 spiro atoms. The molecule has 0 radical (unpaired) electrons. The van der Waals surface area contributed by atoms with Gasteiger partial charge in [0.2, 0.25) is 0 Å². The van der Waals surface area contributed by atoms with Crippen molar-refractivity contribution in [2.75, 3.05) is 26.2 Å². The van der Waals surface area contributed by atoms with Crippen LogP contribution >= 0.6 is 15.9 Å². The molecule has 0 amide bonds. The summed E-state index contributed by atoms with van der Waals surface area (Å²) in [6.45, 7) is 0.676. The first-order valence-corrected chi connectivity index (χ1v) is 9.78. The molecule has 26 heavy (non-hydrogen) atoms. The molecule has 0 N–H and O–H groups in total. The van der Waals surface area contributed by atoms with Gasteiger partial charge in [-0.3, -0.25) is 0 Å². The van der Waals surface area contributed by atoms with E-state index in [1.807, 2.05) is 42.5 Å². The van der Waals surface area contributed by atoms with Crippen LogP contribution in [-0.2, 0) is 11.2 Å². The summed E-state index contributed by atoms with van der Waals surface area (Å²) in [7, 11) is 3.31. The molecule has 0 unspecified atom stereocenters. The van der Waals surface area contributed by atoms with Gasteiger partial charge in [-0.25, -0.2) is 0 Å². The summed E-state index contributed by atoms with van der Waals surface area (Å²) in [5.41, 5.74) is 2.06. The van der Waals surface area contributed by atoms with E-state index in [2.05, 4.69) is 15.9 Å². The second-order valence-corrected chi connectivity index (χ2v) is 6.77. The van der Waals surface area contributed by atoms with Crippen molar-refractivity contribution in [2.45, 2.75) is 19.3 Å². The monoisotopic (exact) mass is 418 g/mol. The molecular formula is C21H23BrO4. The Morgan fingerprint density at radius 1 is 0.962 bits per heavy atom. The van der Waals surface area contributed by atoms with E-state index in [0.29, 0.717) is 13.0 Å². The maximum absolute atomic E-state index is 6.23. The van der Waals surface area contributed by atoms with Gasteiger partial charge in [0.25, 0.3) is 0 Å². The van der Waals surface area contributed by atoms with Crippen LogP contribution in [0.3, 0.4) is 0 Å². The summed E-state index contributed by atoms with van der Waals surface area (Å²) >= 11 is 3.46. The van der Waals surface area contributed by atoms with Gasteiger partial charge in [-0.15, -0.1) is 0 Å². The van der Waals surface area contributed by atoms with Gasteiger partial charge < -0.3 is 18.9 Å². The zero-order valence-corrected chi connectivity index (χ0v) is 16.7. The van der Waals surface area contributed by atoms with Crippen LogP contribution in [0.2, 0.25) is 0 Å². The van der Waals surface area contributed by atoms with Crippen molar-refractivity contribution in [1.82, 2.24) is 0 Å². The van der Waals surface area contributed by atoms with Crippen molar-refractivity contribution in [2.24, 2.45) is 0 Å². The number of ether oxygens (including phenoxy) is 4. The summed E-state index contributed by atoms with van der Waals surface area (Å²) in [5, 5.41) is 0.986. The Morgan fingerprint density at radius 3 is 2.38 bits per heavy atom. The van der Waals surface area contributed by atoms with Crippen LogP contribution in [0.15, 0.2) is 48.2 Å². The Hall–Kier alpha value is -2.14. The number of rotatable bonds is 8. The standard InChI is InChI=1S/C21H23BrO4/c1-23-17-8-5-15(6-9-17)21-20(25-12-4-3-11-22)13-16-7-10-18(24-2)14-19(16)26-21/h5-10,14H,3-4,11-13H2,1-2H3. The predicted octanol–water partition coefficient (Wildman–Crippen LogP) is 5.20. The maximum Gasteiger partial charge on any atom is 0.172 e. The van der Waals surface area contributed by atoms with Gasteiger partial charge in [-0.1, -0.05) is 22.0 Å². The number of allylic oxidation sites excluding steroid dienone is 1. The number of hydrogen-bond donors (Lipinski definition) is 0. The molecule has 1 aliphatic heterocycles. The number of methoxy groups -OCH3 is 2. The molecule has 138 valence electrons. The highest BCUT2D eigenvalue weighted by Gasteiger charge is 2.23. The fourth-order valence-electron chi connectivity index (χ4n) is 2.79. The molecule has 0 atom stereocenters. The molecule has 0 saturated heterocycles. The third-order valence-corrected chi connectivity index (χ3v) is 4.81. The van der Waals surface area contributed by atoms with Gasteiger partial charge in [0.1, 0.15) is 23.0 Å². The fourth-order valence-corrected chi connectivity index (χ4v) is 3.19. The molecule has 2 aromatic carbocycles. The van der Waals surface area contributed by atoms with Crippen LogP contribution in [0, 0.1) is 0 Å². The van der Waals surface area contributed by atoms with E-state index in [1.165, 1.54) is 0 Å². The third-order valence-electron chi connectivity index (χ3n) is 4.25. The molecular weight excluding hydrogens is 396 g/mol. The Labute approximate surface area is 162 Å². The van der Waals surface area contributed by atoms with E-state index < -0.39 is 0 Å². The number of alkyl halides is 1. The minimum absolute atomic E-state index is 0.676. The summed E-state index contributed by atoms with van der Waals surface area (Å²) in [4.78, 5) is 0. The summed E-state index contributed by atoms with van der Waals surface area (Å²) < 4.78 is 22.9. The smallest absolute Gasteiger partial charge is 0.172 e. The molecule has 1 aliphatic rings. The number of fused-ring (bicyclic) bond motifs is 1. The van der Waals surface area contributed by atoms with Crippen LogP contribution in [-0.4, -0.2) is 26.2 Å². The normalized spacial score (nSPS) is 13.0. The van der Waals surface area contributed by atoms with Crippen molar-refractivity contribution in [1.29, 1.82) is 0 Å². The first-order chi connectivity index (χ1) is 12.7. The van der Waals surface area contributed by atoms with E-state index in [4.69, 9.17) is 18.9 Å². The Bertz CT molecular complexity index is 768. The van der Waals surface area contributed by atoms with Crippen LogP contribution in [0.5, 0.6) is 17.2 Å². The predicted molar refractivity (Wildman–Crippen MR) is 106 cm³/mol. The number of halogens is 1. The SMILES string of the molecule is COc1ccc(C2=C(OCCCCBr)Cc3ccc(OC)cc3O2)cc1. The van der Waals surface area contributed by atoms with E-state index in [1.54, 1.807) is 14.2 Å². The highest BCUT2D eigenvalue weighted by Crippen LogP contribution is 2.37. The van der Waals surface area contributed by atoms with Crippen LogP contribution < -0.4 is 14.2 Å². The van der Waals surface area contributed by atoms with Crippen molar-refractivity contribution >= 4 is 21.7 Å². The van der Waals surface area contributed by atoms with Gasteiger partial charge in [-0.05, 0) is 43.2 Å². The Kier molecular flexibility index (Phi) is 6.45. The lowest BCUT2D eigenvalue weighted by Crippen LogP contribution is -2.13. The minimum atomic E-state index is 0.676. The van der Waals surface area contributed by atoms with E-state index in [-0.39, 0.29) is 0 Å². The van der Waals surface area contributed by atoms with Gasteiger partial charge >= 0.3 is 0 Å². The topological polar surface area (TPSA) is 36.9 Å². The molecule has 0 fully saturated rings. The highest BCUT2D eigenvalue weighted by molar-refractivity contribution is 9.09. The molecule has 0 bridgehead atoms. The molecule has 4 nitrogen and oxygen atoms in total. The second kappa shape index (κ2) is 8.99. The van der Waals surface area contributed by atoms with Crippen molar-refractivity contribution in [3.63, 3.8) is 0 Å². The molecule has 1 heterocycles. The molecule has 2 aromatic rings. The van der Waals surface area contributed by atoms with Gasteiger partial charge in [0.05, 0.1) is 20.8 Å². The first kappa shape index (κ1) is 18.6. The number of benzene rings is 2. The zero-order valence-electron chi connectivity index (χ0n) is 15.1. The Balaban J connectivity index is 1.89. The quantitative estimate of drug-likeness (QED) is 0.436. The lowest BCUT2D eigenvalue weighted by Gasteiger charge is -2.24. The summed E-state index contributed by atoms with van der Waals surface area (Å²) in [6.07, 6.45) is 2.79. The highest BCUT2D eigenvalue weighted by atomic mass is 79.9. The van der Waals surface area contributed by atoms with Crippen LogP contribution in [0.4, 0.5) is 0 Å². The van der Waals surface area contributed by atoms with Gasteiger partial charge in [0, 0.05) is 28.9 Å². The van der Waals surface area contributed by atoms with E-state index in [9.17, 15) is 0 Å². The molecule has 0 aliphatic carbocycles. The molecule has 3 rings (SSSR count). The van der Waals surface area contributed by atoms with Crippen LogP contribution in [0.25, 0.3) is 5.76 Å². The first-order valence-electron chi connectivity index (χ1n) is 8.66. The average Bonchev–Trinajstić information content (AvgIpc) is 2.70. The lowest BCUT2D eigenvalue weighted by atomic mass is 10.0. The molecule has 0 saturated carbocycles. The lowest BCUT2D eigenvalue weighted by molar-refractivity contribution is 0.193. The average molecular weight is 419 g/mol.